The maximum Gasteiger partial charge on any atom is 0.0240 e. The summed E-state index contributed by atoms with van der Waals surface area (Å²) in [5, 5.41) is -0.0833. The third-order valence-electron chi connectivity index (χ3n) is 0. The molecule has 32 valence electrons. The van der Waals surface area contributed by atoms with Gasteiger partial charge in [0.1, 0.15) is 0 Å². The van der Waals surface area contributed by atoms with Crippen molar-refractivity contribution in [3.8, 4) is 0 Å². The van der Waals surface area contributed by atoms with Gasteiger partial charge in [0.15, 0.2) is 0 Å². The first-order valence-electron chi connectivity index (χ1n) is 1.58. The van der Waals surface area contributed by atoms with E-state index in [1.54, 1.807) is 0 Å². The van der Waals surface area contributed by atoms with Crippen LogP contribution in [-0.4, -0.2) is 5.28 Å². The zero-order valence-electron chi connectivity index (χ0n) is 3.65. The minimum Gasteiger partial charge on any atom is -0.322 e. The lowest BCUT2D eigenvalue weighted by atomic mass is 10.4. The summed E-state index contributed by atoms with van der Waals surface area (Å²) in [6.45, 7) is 3.86. The van der Waals surface area contributed by atoms with E-state index in [9.17, 15) is 0 Å². The first-order valence-corrected chi connectivity index (χ1v) is 2.15. The summed E-state index contributed by atoms with van der Waals surface area (Å²) in [6, 6.07) is 0. The number of hydrogen-bond donors (Lipinski definition) is 1. The van der Waals surface area contributed by atoms with Gasteiger partial charge in [-0.05, 0) is 13.8 Å². The van der Waals surface area contributed by atoms with Gasteiger partial charge in [-0.15, -0.1) is 9.24 Å². The SMILES string of the molecule is CC(C)(N)P. The van der Waals surface area contributed by atoms with Crippen LogP contribution in [0.4, 0.5) is 0 Å². The lowest BCUT2D eigenvalue weighted by Crippen LogP contribution is -2.21. The van der Waals surface area contributed by atoms with Crippen LogP contribution in [0.1, 0.15) is 13.8 Å². The molecule has 1 nitrogen and oxygen atoms in total. The van der Waals surface area contributed by atoms with Crippen molar-refractivity contribution in [2.24, 2.45) is 5.73 Å². The van der Waals surface area contributed by atoms with Crippen molar-refractivity contribution in [3.05, 3.63) is 0 Å². The highest BCUT2D eigenvalue weighted by atomic mass is 31.0. The summed E-state index contributed by atoms with van der Waals surface area (Å²) in [5.74, 6) is 0. The first-order chi connectivity index (χ1) is 2.00. The number of rotatable bonds is 0. The van der Waals surface area contributed by atoms with Gasteiger partial charge in [-0.2, -0.15) is 0 Å². The van der Waals surface area contributed by atoms with E-state index in [0.717, 1.165) is 0 Å². The van der Waals surface area contributed by atoms with Crippen molar-refractivity contribution < 1.29 is 0 Å². The van der Waals surface area contributed by atoms with Crippen molar-refractivity contribution in [2.75, 3.05) is 0 Å². The minimum absolute atomic E-state index is 0.0833. The van der Waals surface area contributed by atoms with Gasteiger partial charge >= 0.3 is 0 Å². The van der Waals surface area contributed by atoms with Gasteiger partial charge in [0, 0.05) is 5.28 Å². The van der Waals surface area contributed by atoms with Gasteiger partial charge in [-0.25, -0.2) is 0 Å². The highest BCUT2D eigenvalue weighted by Crippen LogP contribution is 2.04. The van der Waals surface area contributed by atoms with E-state index >= 15 is 0 Å². The molecule has 1 unspecified atom stereocenters. The molecule has 0 aromatic rings. The second-order valence-electron chi connectivity index (χ2n) is 1.82. The van der Waals surface area contributed by atoms with Gasteiger partial charge < -0.3 is 5.73 Å². The van der Waals surface area contributed by atoms with Crippen LogP contribution in [0.2, 0.25) is 0 Å². The van der Waals surface area contributed by atoms with Crippen LogP contribution < -0.4 is 5.73 Å². The Balaban J connectivity index is 3.02. The molecule has 5 heavy (non-hydrogen) atoms. The van der Waals surface area contributed by atoms with Crippen molar-refractivity contribution in [3.63, 3.8) is 0 Å². The molecule has 0 saturated heterocycles. The normalized spacial score (nSPS) is 12.0. The third-order valence-corrected chi connectivity index (χ3v) is 0. The zero-order chi connectivity index (χ0) is 4.50. The fourth-order valence-corrected chi connectivity index (χ4v) is 0. The highest BCUT2D eigenvalue weighted by Gasteiger charge is 1.95. The number of nitrogens with two attached hydrogens (primary N) is 1. The molecule has 2 heteroatoms. The van der Waals surface area contributed by atoms with Crippen molar-refractivity contribution in [2.45, 2.75) is 19.1 Å². The van der Waals surface area contributed by atoms with Gasteiger partial charge in [0.25, 0.3) is 0 Å². The van der Waals surface area contributed by atoms with E-state index in [0.29, 0.717) is 0 Å². The average Bonchev–Trinajstić information content (AvgIpc) is 0.722. The Morgan fingerprint density at radius 2 is 1.60 bits per heavy atom. The second kappa shape index (κ2) is 1.24. The van der Waals surface area contributed by atoms with Crippen molar-refractivity contribution in [1.29, 1.82) is 0 Å². The Morgan fingerprint density at radius 1 is 1.60 bits per heavy atom. The Hall–Kier alpha value is 0.390. The molecule has 1 atom stereocenters. The summed E-state index contributed by atoms with van der Waals surface area (Å²) < 4.78 is 0. The van der Waals surface area contributed by atoms with Gasteiger partial charge in [-0.3, -0.25) is 0 Å². The van der Waals surface area contributed by atoms with Crippen molar-refractivity contribution >= 4 is 9.24 Å². The minimum atomic E-state index is -0.0833. The maximum absolute atomic E-state index is 5.32. The van der Waals surface area contributed by atoms with E-state index in [1.165, 1.54) is 0 Å². The molecular formula is C3H10NP. The molecule has 0 rings (SSSR count). The molecule has 0 fully saturated rings. The molecular weight excluding hydrogens is 81.0 g/mol. The Morgan fingerprint density at radius 3 is 1.60 bits per heavy atom. The predicted octanol–water partition coefficient (Wildman–Crippen LogP) is 0.556. The van der Waals surface area contributed by atoms with Crippen LogP contribution >= 0.6 is 9.24 Å². The summed E-state index contributed by atoms with van der Waals surface area (Å²) in [4.78, 5) is 0. The molecule has 0 aliphatic rings. The summed E-state index contributed by atoms with van der Waals surface area (Å²) in [5.41, 5.74) is 5.32. The zero-order valence-corrected chi connectivity index (χ0v) is 4.81. The Kier molecular flexibility index (Phi) is 1.33. The highest BCUT2D eigenvalue weighted by molar-refractivity contribution is 7.18. The first kappa shape index (κ1) is 5.39. The third kappa shape index (κ3) is 165. The van der Waals surface area contributed by atoms with E-state index in [2.05, 4.69) is 9.24 Å². The fourth-order valence-electron chi connectivity index (χ4n) is 0. The molecule has 0 heterocycles. The molecule has 0 bridgehead atoms. The van der Waals surface area contributed by atoms with Crippen LogP contribution in [0.3, 0.4) is 0 Å². The van der Waals surface area contributed by atoms with Crippen LogP contribution in [0.25, 0.3) is 0 Å². The van der Waals surface area contributed by atoms with Gasteiger partial charge in [0.05, 0.1) is 0 Å². The van der Waals surface area contributed by atoms with Crippen LogP contribution in [-0.2, 0) is 0 Å². The Labute approximate surface area is 35.1 Å². The van der Waals surface area contributed by atoms with E-state index in [-0.39, 0.29) is 5.28 Å². The fraction of sp³-hybridized carbons (Fsp3) is 1.00. The smallest absolute Gasteiger partial charge is 0.0240 e. The lowest BCUT2D eigenvalue weighted by Gasteiger charge is -2.06. The predicted molar refractivity (Wildman–Crippen MR) is 28.0 cm³/mol. The topological polar surface area (TPSA) is 26.0 Å². The average molecular weight is 91.1 g/mol. The molecule has 2 N–H and O–H groups in total. The van der Waals surface area contributed by atoms with Crippen LogP contribution in [0.5, 0.6) is 0 Å². The van der Waals surface area contributed by atoms with E-state index < -0.39 is 0 Å². The molecule has 0 radical (unpaired) electrons. The van der Waals surface area contributed by atoms with Gasteiger partial charge in [0.2, 0.25) is 0 Å². The van der Waals surface area contributed by atoms with Crippen molar-refractivity contribution in [1.82, 2.24) is 0 Å². The lowest BCUT2D eigenvalue weighted by molar-refractivity contribution is 0.759. The molecule has 0 saturated carbocycles. The van der Waals surface area contributed by atoms with E-state index in [4.69, 9.17) is 5.73 Å². The molecule has 0 amide bonds. The van der Waals surface area contributed by atoms with Gasteiger partial charge in [-0.1, -0.05) is 0 Å². The summed E-state index contributed by atoms with van der Waals surface area (Å²) >= 11 is 0. The molecule has 0 aliphatic heterocycles. The quantitative estimate of drug-likeness (QED) is 0.433. The number of hydrogen-bond acceptors (Lipinski definition) is 1. The second-order valence-corrected chi connectivity index (χ2v) is 3.31. The summed E-state index contributed by atoms with van der Waals surface area (Å²) in [6.07, 6.45) is 0. The maximum atomic E-state index is 5.32. The molecule has 0 aliphatic carbocycles. The Bertz CT molecular complexity index is 22.4. The van der Waals surface area contributed by atoms with Crippen LogP contribution in [0, 0.1) is 0 Å². The molecule has 0 aromatic carbocycles. The molecule has 0 spiro atoms. The standard InChI is InChI=1S/C3H10NP/c1-3(2,4)5/h4-5H2,1-2H3. The largest absolute Gasteiger partial charge is 0.322 e. The molecule has 0 aromatic heterocycles. The van der Waals surface area contributed by atoms with E-state index in [1.807, 2.05) is 13.8 Å². The van der Waals surface area contributed by atoms with Crippen LogP contribution in [0.15, 0.2) is 0 Å². The monoisotopic (exact) mass is 91.1 g/mol. The summed E-state index contributed by atoms with van der Waals surface area (Å²) in [7, 11) is 2.49.